The first-order valence-electron chi connectivity index (χ1n) is 8.83. The van der Waals surface area contributed by atoms with Gasteiger partial charge in [-0.1, -0.05) is 6.07 Å². The SMILES string of the molecule is COc1ccc(OC)c(N2CC(C(=O)Nc3cc(C)cc(C)c3)CC2=O)c1. The van der Waals surface area contributed by atoms with Crippen LogP contribution in [0, 0.1) is 19.8 Å². The number of aryl methyl sites for hydroxylation is 2. The van der Waals surface area contributed by atoms with E-state index in [4.69, 9.17) is 9.47 Å². The van der Waals surface area contributed by atoms with Crippen molar-refractivity contribution >= 4 is 23.2 Å². The predicted octanol–water partition coefficient (Wildman–Crippen LogP) is 3.31. The van der Waals surface area contributed by atoms with E-state index < -0.39 is 5.92 Å². The summed E-state index contributed by atoms with van der Waals surface area (Å²) in [6, 6.07) is 11.2. The van der Waals surface area contributed by atoms with Crippen LogP contribution in [-0.2, 0) is 9.59 Å². The topological polar surface area (TPSA) is 67.9 Å². The highest BCUT2D eigenvalue weighted by molar-refractivity contribution is 6.04. The van der Waals surface area contributed by atoms with Gasteiger partial charge in [0.05, 0.1) is 25.8 Å². The summed E-state index contributed by atoms with van der Waals surface area (Å²) in [6.07, 6.45) is 0.164. The van der Waals surface area contributed by atoms with Crippen LogP contribution < -0.4 is 19.7 Å². The maximum atomic E-state index is 12.7. The van der Waals surface area contributed by atoms with Gasteiger partial charge in [0, 0.05) is 24.7 Å². The van der Waals surface area contributed by atoms with Crippen molar-refractivity contribution in [2.45, 2.75) is 20.3 Å². The van der Waals surface area contributed by atoms with E-state index in [1.54, 1.807) is 37.3 Å². The second-order valence-corrected chi connectivity index (χ2v) is 6.81. The zero-order valence-corrected chi connectivity index (χ0v) is 16.0. The maximum Gasteiger partial charge on any atom is 0.229 e. The fourth-order valence-corrected chi connectivity index (χ4v) is 3.41. The Bertz CT molecular complexity index is 858. The number of rotatable bonds is 5. The molecular formula is C21H24N2O4. The van der Waals surface area contributed by atoms with E-state index >= 15 is 0 Å². The Labute approximate surface area is 159 Å². The van der Waals surface area contributed by atoms with Crippen LogP contribution in [0.4, 0.5) is 11.4 Å². The molecule has 1 unspecified atom stereocenters. The Morgan fingerprint density at radius 1 is 1.07 bits per heavy atom. The number of hydrogen-bond donors (Lipinski definition) is 1. The molecule has 1 heterocycles. The van der Waals surface area contributed by atoms with Gasteiger partial charge in [-0.3, -0.25) is 9.59 Å². The molecule has 0 bridgehead atoms. The maximum absolute atomic E-state index is 12.7. The summed E-state index contributed by atoms with van der Waals surface area (Å²) >= 11 is 0. The first kappa shape index (κ1) is 18.8. The summed E-state index contributed by atoms with van der Waals surface area (Å²) in [5.74, 6) is 0.510. The number of carbonyl (C=O) groups is 2. The largest absolute Gasteiger partial charge is 0.497 e. The minimum Gasteiger partial charge on any atom is -0.497 e. The Morgan fingerprint density at radius 2 is 1.78 bits per heavy atom. The standard InChI is InChI=1S/C21H24N2O4/c1-13-7-14(2)9-16(8-13)22-21(25)15-10-20(24)23(12-15)18-11-17(26-3)5-6-19(18)27-4/h5-9,11,15H,10,12H2,1-4H3,(H,22,25). The minimum atomic E-state index is -0.422. The van der Waals surface area contributed by atoms with Gasteiger partial charge in [-0.15, -0.1) is 0 Å². The number of nitrogens with one attached hydrogen (secondary N) is 1. The normalized spacial score (nSPS) is 16.4. The quantitative estimate of drug-likeness (QED) is 0.879. The molecule has 0 aromatic heterocycles. The predicted molar refractivity (Wildman–Crippen MR) is 105 cm³/mol. The first-order chi connectivity index (χ1) is 12.9. The van der Waals surface area contributed by atoms with Crippen LogP contribution in [-0.4, -0.2) is 32.6 Å². The number of methoxy groups -OCH3 is 2. The highest BCUT2D eigenvalue weighted by atomic mass is 16.5. The molecule has 0 radical (unpaired) electrons. The van der Waals surface area contributed by atoms with Crippen molar-refractivity contribution in [2.24, 2.45) is 5.92 Å². The average molecular weight is 368 g/mol. The van der Waals surface area contributed by atoms with Crippen molar-refractivity contribution < 1.29 is 19.1 Å². The van der Waals surface area contributed by atoms with Gasteiger partial charge in [0.15, 0.2) is 0 Å². The second kappa shape index (κ2) is 7.70. The summed E-state index contributed by atoms with van der Waals surface area (Å²) in [5, 5.41) is 2.94. The van der Waals surface area contributed by atoms with Crippen molar-refractivity contribution in [3.63, 3.8) is 0 Å². The molecule has 1 N–H and O–H groups in total. The Morgan fingerprint density at radius 3 is 2.41 bits per heavy atom. The molecule has 1 saturated heterocycles. The minimum absolute atomic E-state index is 0.109. The first-order valence-corrected chi connectivity index (χ1v) is 8.83. The third-order valence-electron chi connectivity index (χ3n) is 4.66. The number of ether oxygens (including phenoxy) is 2. The molecule has 142 valence electrons. The number of nitrogens with zero attached hydrogens (tertiary/aromatic N) is 1. The highest BCUT2D eigenvalue weighted by Gasteiger charge is 2.36. The smallest absolute Gasteiger partial charge is 0.229 e. The summed E-state index contributed by atoms with van der Waals surface area (Å²) in [5.41, 5.74) is 3.52. The second-order valence-electron chi connectivity index (χ2n) is 6.81. The van der Waals surface area contributed by atoms with Crippen LogP contribution in [0.1, 0.15) is 17.5 Å². The molecular weight excluding hydrogens is 344 g/mol. The van der Waals surface area contributed by atoms with E-state index in [1.807, 2.05) is 32.0 Å². The Balaban J connectivity index is 1.78. The van der Waals surface area contributed by atoms with Gasteiger partial charge in [0.25, 0.3) is 0 Å². The number of hydrogen-bond acceptors (Lipinski definition) is 4. The molecule has 0 spiro atoms. The van der Waals surface area contributed by atoms with Crippen LogP contribution in [0.3, 0.4) is 0 Å². The molecule has 1 aliphatic heterocycles. The van der Waals surface area contributed by atoms with Crippen molar-refractivity contribution in [3.8, 4) is 11.5 Å². The van der Waals surface area contributed by atoms with Crippen LogP contribution in [0.5, 0.6) is 11.5 Å². The molecule has 3 rings (SSSR count). The molecule has 1 fully saturated rings. The molecule has 6 nitrogen and oxygen atoms in total. The fraction of sp³-hybridized carbons (Fsp3) is 0.333. The fourth-order valence-electron chi connectivity index (χ4n) is 3.41. The van der Waals surface area contributed by atoms with Crippen LogP contribution in [0.15, 0.2) is 36.4 Å². The number of anilines is 2. The van der Waals surface area contributed by atoms with Crippen LogP contribution in [0.25, 0.3) is 0 Å². The van der Waals surface area contributed by atoms with E-state index in [2.05, 4.69) is 5.32 Å². The highest BCUT2D eigenvalue weighted by Crippen LogP contribution is 2.36. The lowest BCUT2D eigenvalue weighted by molar-refractivity contribution is -0.122. The third kappa shape index (κ3) is 4.05. The van der Waals surface area contributed by atoms with Gasteiger partial charge in [-0.25, -0.2) is 0 Å². The van der Waals surface area contributed by atoms with Gasteiger partial charge >= 0.3 is 0 Å². The van der Waals surface area contributed by atoms with E-state index in [0.717, 1.165) is 16.8 Å². The lowest BCUT2D eigenvalue weighted by Crippen LogP contribution is -2.28. The summed E-state index contributed by atoms with van der Waals surface area (Å²) in [4.78, 5) is 26.8. The van der Waals surface area contributed by atoms with E-state index in [-0.39, 0.29) is 18.2 Å². The lowest BCUT2D eigenvalue weighted by atomic mass is 10.1. The third-order valence-corrected chi connectivity index (χ3v) is 4.66. The molecule has 0 aliphatic carbocycles. The zero-order valence-electron chi connectivity index (χ0n) is 16.0. The summed E-state index contributed by atoms with van der Waals surface area (Å²) < 4.78 is 10.6. The van der Waals surface area contributed by atoms with Crippen molar-refractivity contribution in [1.29, 1.82) is 0 Å². The zero-order chi connectivity index (χ0) is 19.6. The van der Waals surface area contributed by atoms with Crippen LogP contribution >= 0.6 is 0 Å². The van der Waals surface area contributed by atoms with Crippen molar-refractivity contribution in [3.05, 3.63) is 47.5 Å². The van der Waals surface area contributed by atoms with Gasteiger partial charge in [0.1, 0.15) is 11.5 Å². The monoisotopic (exact) mass is 368 g/mol. The molecule has 1 atom stereocenters. The van der Waals surface area contributed by atoms with Crippen LogP contribution in [0.2, 0.25) is 0 Å². The molecule has 2 amide bonds. The van der Waals surface area contributed by atoms with Gasteiger partial charge in [-0.2, -0.15) is 0 Å². The van der Waals surface area contributed by atoms with Gasteiger partial charge in [0.2, 0.25) is 11.8 Å². The number of carbonyl (C=O) groups excluding carboxylic acids is 2. The Hall–Kier alpha value is -3.02. The molecule has 6 heteroatoms. The summed E-state index contributed by atoms with van der Waals surface area (Å²) in [6.45, 7) is 4.27. The molecule has 0 saturated carbocycles. The molecule has 2 aromatic rings. The molecule has 2 aromatic carbocycles. The van der Waals surface area contributed by atoms with E-state index in [1.165, 1.54) is 0 Å². The number of amides is 2. The van der Waals surface area contributed by atoms with Gasteiger partial charge in [-0.05, 0) is 49.2 Å². The Kier molecular flexibility index (Phi) is 5.35. The van der Waals surface area contributed by atoms with Gasteiger partial charge < -0.3 is 19.7 Å². The van der Waals surface area contributed by atoms with E-state index in [0.29, 0.717) is 23.7 Å². The molecule has 27 heavy (non-hydrogen) atoms. The average Bonchev–Trinajstić information content (AvgIpc) is 3.02. The van der Waals surface area contributed by atoms with Crippen molar-refractivity contribution in [1.82, 2.24) is 0 Å². The summed E-state index contributed by atoms with van der Waals surface area (Å²) in [7, 11) is 3.12. The lowest BCUT2D eigenvalue weighted by Gasteiger charge is -2.20. The van der Waals surface area contributed by atoms with Crippen molar-refractivity contribution in [2.75, 3.05) is 31.0 Å². The van der Waals surface area contributed by atoms with E-state index in [9.17, 15) is 9.59 Å². The number of benzene rings is 2. The molecule has 1 aliphatic rings.